The van der Waals surface area contributed by atoms with Crippen LogP contribution in [0.5, 0.6) is 5.75 Å². The fourth-order valence-electron chi connectivity index (χ4n) is 2.06. The molecular weight excluding hydrogens is 228 g/mol. The Morgan fingerprint density at radius 1 is 1.50 bits per heavy atom. The maximum atomic E-state index is 11.8. The lowest BCUT2D eigenvalue weighted by molar-refractivity contribution is -0.117. The lowest BCUT2D eigenvalue weighted by atomic mass is 10.0. The number of hydrogen-bond donors (Lipinski definition) is 2. The van der Waals surface area contributed by atoms with Crippen LogP contribution in [0.2, 0.25) is 0 Å². The number of aryl methyl sites for hydroxylation is 1. The highest BCUT2D eigenvalue weighted by Gasteiger charge is 2.17. The van der Waals surface area contributed by atoms with Gasteiger partial charge in [0.1, 0.15) is 5.75 Å². The lowest BCUT2D eigenvalue weighted by Crippen LogP contribution is -2.36. The molecule has 4 heteroatoms. The highest BCUT2D eigenvalue weighted by atomic mass is 16.5. The van der Waals surface area contributed by atoms with Gasteiger partial charge in [0.05, 0.1) is 6.61 Å². The molecule has 4 nitrogen and oxygen atoms in total. The summed E-state index contributed by atoms with van der Waals surface area (Å²) in [7, 11) is 0. The molecule has 1 aliphatic rings. The van der Waals surface area contributed by atoms with Crippen LogP contribution in [0.25, 0.3) is 0 Å². The standard InChI is InChI=1S/C14H20N2O2/c1-14(2,15)9-13(17)16-11-5-6-12-10(8-11)4-3-7-18-12/h5-6,8H,3-4,7,9,15H2,1-2H3,(H,16,17). The number of ether oxygens (including phenoxy) is 1. The summed E-state index contributed by atoms with van der Waals surface area (Å²) in [6, 6.07) is 5.76. The molecule has 1 aromatic rings. The summed E-state index contributed by atoms with van der Waals surface area (Å²) in [4.78, 5) is 11.8. The topological polar surface area (TPSA) is 64.4 Å². The highest BCUT2D eigenvalue weighted by molar-refractivity contribution is 5.91. The Labute approximate surface area is 108 Å². The van der Waals surface area contributed by atoms with E-state index >= 15 is 0 Å². The van der Waals surface area contributed by atoms with Crippen LogP contribution in [0.4, 0.5) is 5.69 Å². The van der Waals surface area contributed by atoms with Crippen molar-refractivity contribution in [3.8, 4) is 5.75 Å². The van der Waals surface area contributed by atoms with Crippen LogP contribution < -0.4 is 15.8 Å². The van der Waals surface area contributed by atoms with Gasteiger partial charge < -0.3 is 15.8 Å². The maximum Gasteiger partial charge on any atom is 0.226 e. The highest BCUT2D eigenvalue weighted by Crippen LogP contribution is 2.27. The molecule has 0 atom stereocenters. The minimum Gasteiger partial charge on any atom is -0.493 e. The molecule has 1 heterocycles. The largest absolute Gasteiger partial charge is 0.493 e. The van der Waals surface area contributed by atoms with Gasteiger partial charge in [-0.05, 0) is 50.5 Å². The zero-order chi connectivity index (χ0) is 13.2. The van der Waals surface area contributed by atoms with Crippen LogP contribution >= 0.6 is 0 Å². The van der Waals surface area contributed by atoms with Crippen molar-refractivity contribution < 1.29 is 9.53 Å². The van der Waals surface area contributed by atoms with Gasteiger partial charge in [-0.3, -0.25) is 4.79 Å². The van der Waals surface area contributed by atoms with Crippen molar-refractivity contribution >= 4 is 11.6 Å². The zero-order valence-electron chi connectivity index (χ0n) is 11.0. The average Bonchev–Trinajstić information content (AvgIpc) is 2.26. The Kier molecular flexibility index (Phi) is 3.57. The van der Waals surface area contributed by atoms with Crippen molar-refractivity contribution in [3.63, 3.8) is 0 Å². The number of nitrogens with one attached hydrogen (secondary N) is 1. The van der Waals surface area contributed by atoms with Gasteiger partial charge in [0, 0.05) is 17.6 Å². The number of benzene rings is 1. The second-order valence-corrected chi connectivity index (χ2v) is 5.49. The molecule has 0 bridgehead atoms. The van der Waals surface area contributed by atoms with Crippen LogP contribution in [-0.4, -0.2) is 18.1 Å². The maximum absolute atomic E-state index is 11.8. The van der Waals surface area contributed by atoms with E-state index < -0.39 is 5.54 Å². The normalized spacial score (nSPS) is 14.6. The van der Waals surface area contributed by atoms with Crippen molar-refractivity contribution in [3.05, 3.63) is 23.8 Å². The molecule has 0 unspecified atom stereocenters. The lowest BCUT2D eigenvalue weighted by Gasteiger charge is -2.20. The quantitative estimate of drug-likeness (QED) is 0.860. The van der Waals surface area contributed by atoms with E-state index in [1.54, 1.807) is 0 Å². The first kappa shape index (κ1) is 12.9. The fourth-order valence-corrected chi connectivity index (χ4v) is 2.06. The zero-order valence-corrected chi connectivity index (χ0v) is 11.0. The molecule has 98 valence electrons. The van der Waals surface area contributed by atoms with Crippen molar-refractivity contribution in [1.82, 2.24) is 0 Å². The number of amides is 1. The molecule has 1 aromatic carbocycles. The number of nitrogens with two attached hydrogens (primary N) is 1. The van der Waals surface area contributed by atoms with Crippen LogP contribution in [0, 0.1) is 0 Å². The van der Waals surface area contributed by atoms with Crippen molar-refractivity contribution in [1.29, 1.82) is 0 Å². The van der Waals surface area contributed by atoms with Gasteiger partial charge in [0.2, 0.25) is 5.91 Å². The van der Waals surface area contributed by atoms with Crippen LogP contribution in [-0.2, 0) is 11.2 Å². The molecule has 0 saturated carbocycles. The molecular formula is C14H20N2O2. The van der Waals surface area contributed by atoms with Gasteiger partial charge in [0.25, 0.3) is 0 Å². The first-order chi connectivity index (χ1) is 8.44. The third kappa shape index (κ3) is 3.47. The summed E-state index contributed by atoms with van der Waals surface area (Å²) >= 11 is 0. The monoisotopic (exact) mass is 248 g/mol. The molecule has 0 fully saturated rings. The number of anilines is 1. The van der Waals surface area contributed by atoms with Crippen molar-refractivity contribution in [2.75, 3.05) is 11.9 Å². The fraction of sp³-hybridized carbons (Fsp3) is 0.500. The van der Waals surface area contributed by atoms with E-state index in [0.717, 1.165) is 36.4 Å². The van der Waals surface area contributed by atoms with E-state index in [1.165, 1.54) is 0 Å². The number of fused-ring (bicyclic) bond motifs is 1. The molecule has 0 spiro atoms. The number of rotatable bonds is 3. The van der Waals surface area contributed by atoms with Gasteiger partial charge in [-0.15, -0.1) is 0 Å². The Morgan fingerprint density at radius 3 is 3.00 bits per heavy atom. The molecule has 1 aliphatic heterocycles. The van der Waals surface area contributed by atoms with E-state index in [2.05, 4.69) is 5.32 Å². The molecule has 0 aromatic heterocycles. The molecule has 0 radical (unpaired) electrons. The van der Waals surface area contributed by atoms with Crippen molar-refractivity contribution in [2.45, 2.75) is 38.6 Å². The Hall–Kier alpha value is -1.55. The Morgan fingerprint density at radius 2 is 2.28 bits per heavy atom. The summed E-state index contributed by atoms with van der Waals surface area (Å²) in [5.41, 5.74) is 7.31. The third-order valence-corrected chi connectivity index (χ3v) is 2.81. The summed E-state index contributed by atoms with van der Waals surface area (Å²) in [6.07, 6.45) is 2.34. The molecule has 1 amide bonds. The van der Waals surface area contributed by atoms with Gasteiger partial charge in [-0.1, -0.05) is 0 Å². The molecule has 3 N–H and O–H groups in total. The van der Waals surface area contributed by atoms with Gasteiger partial charge in [-0.2, -0.15) is 0 Å². The number of hydrogen-bond acceptors (Lipinski definition) is 3. The summed E-state index contributed by atoms with van der Waals surface area (Å²) < 4.78 is 5.53. The second-order valence-electron chi connectivity index (χ2n) is 5.49. The molecule has 0 saturated heterocycles. The second kappa shape index (κ2) is 4.98. The molecule has 0 aliphatic carbocycles. The van der Waals surface area contributed by atoms with Gasteiger partial charge in [0.15, 0.2) is 0 Å². The van der Waals surface area contributed by atoms with Crippen molar-refractivity contribution in [2.24, 2.45) is 5.73 Å². The minimum absolute atomic E-state index is 0.0563. The van der Waals surface area contributed by atoms with Gasteiger partial charge in [-0.25, -0.2) is 0 Å². The van der Waals surface area contributed by atoms with E-state index in [9.17, 15) is 4.79 Å². The number of carbonyl (C=O) groups excluding carboxylic acids is 1. The average molecular weight is 248 g/mol. The first-order valence-corrected chi connectivity index (χ1v) is 6.28. The summed E-state index contributed by atoms with van der Waals surface area (Å²) in [5, 5.41) is 2.87. The van der Waals surface area contributed by atoms with Crippen LogP contribution in [0.3, 0.4) is 0 Å². The van der Waals surface area contributed by atoms with E-state index in [0.29, 0.717) is 6.42 Å². The van der Waals surface area contributed by atoms with Crippen LogP contribution in [0.1, 0.15) is 32.3 Å². The predicted octanol–water partition coefficient (Wildman–Crippen LogP) is 2.08. The Bertz CT molecular complexity index is 450. The van der Waals surface area contributed by atoms with E-state index in [-0.39, 0.29) is 5.91 Å². The smallest absolute Gasteiger partial charge is 0.226 e. The van der Waals surface area contributed by atoms with E-state index in [4.69, 9.17) is 10.5 Å². The summed E-state index contributed by atoms with van der Waals surface area (Å²) in [5.74, 6) is 0.873. The number of carbonyl (C=O) groups is 1. The third-order valence-electron chi connectivity index (χ3n) is 2.81. The van der Waals surface area contributed by atoms with Gasteiger partial charge >= 0.3 is 0 Å². The molecule has 2 rings (SSSR count). The minimum atomic E-state index is -0.485. The Balaban J connectivity index is 2.04. The SMILES string of the molecule is CC(C)(N)CC(=O)Nc1ccc2c(c1)CCCO2. The summed E-state index contributed by atoms with van der Waals surface area (Å²) in [6.45, 7) is 4.46. The molecule has 18 heavy (non-hydrogen) atoms. The first-order valence-electron chi connectivity index (χ1n) is 6.28. The van der Waals surface area contributed by atoms with Crippen LogP contribution in [0.15, 0.2) is 18.2 Å². The van der Waals surface area contributed by atoms with E-state index in [1.807, 2.05) is 32.0 Å². The predicted molar refractivity (Wildman–Crippen MR) is 71.8 cm³/mol.